The number of hydrogen-bond donors (Lipinski definition) is 0. The van der Waals surface area contributed by atoms with Gasteiger partial charge in [0.15, 0.2) is 0 Å². The van der Waals surface area contributed by atoms with E-state index >= 15 is 0 Å². The molecule has 0 saturated heterocycles. The van der Waals surface area contributed by atoms with Gasteiger partial charge in [-0.1, -0.05) is 36.8 Å². The zero-order chi connectivity index (χ0) is 12.7. The Morgan fingerprint density at radius 2 is 1.72 bits per heavy atom. The maximum Gasteiger partial charge on any atom is 0.0494 e. The van der Waals surface area contributed by atoms with Crippen LogP contribution in [-0.2, 0) is 0 Å². The predicted octanol–water partition coefficient (Wildman–Crippen LogP) is 5.07. The molecule has 0 aliphatic carbocycles. The third kappa shape index (κ3) is 1.54. The van der Waals surface area contributed by atoms with E-state index in [9.17, 15) is 0 Å². The molecule has 1 nitrogen and oxygen atoms in total. The van der Waals surface area contributed by atoms with Crippen LogP contribution in [0.5, 0.6) is 0 Å². The summed E-state index contributed by atoms with van der Waals surface area (Å²) in [5.41, 5.74) is 4.04. The van der Waals surface area contributed by atoms with Gasteiger partial charge in [-0.05, 0) is 38.5 Å². The summed E-state index contributed by atoms with van der Waals surface area (Å²) >= 11 is 0. The molecule has 3 aromatic rings. The highest BCUT2D eigenvalue weighted by atomic mass is 15.0. The Hall–Kier alpha value is -1.76. The van der Waals surface area contributed by atoms with Gasteiger partial charge in [-0.25, -0.2) is 0 Å². The van der Waals surface area contributed by atoms with Crippen molar-refractivity contribution in [2.75, 3.05) is 0 Å². The maximum absolute atomic E-state index is 2.48. The van der Waals surface area contributed by atoms with Crippen molar-refractivity contribution >= 4 is 21.8 Å². The molecule has 0 aliphatic rings. The summed E-state index contributed by atoms with van der Waals surface area (Å²) in [5, 5.41) is 2.75. The first-order valence-corrected chi connectivity index (χ1v) is 6.71. The summed E-state index contributed by atoms with van der Waals surface area (Å²) < 4.78 is 2.48. The van der Waals surface area contributed by atoms with Gasteiger partial charge >= 0.3 is 0 Å². The van der Waals surface area contributed by atoms with Crippen LogP contribution in [-0.4, -0.2) is 4.57 Å². The number of aryl methyl sites for hydroxylation is 1. The molecule has 0 fully saturated rings. The largest absolute Gasteiger partial charge is 0.338 e. The highest BCUT2D eigenvalue weighted by Gasteiger charge is 2.13. The van der Waals surface area contributed by atoms with E-state index in [2.05, 4.69) is 67.8 Å². The molecule has 1 aromatic heterocycles. The van der Waals surface area contributed by atoms with Gasteiger partial charge in [0.2, 0.25) is 0 Å². The minimum Gasteiger partial charge on any atom is -0.338 e. The lowest BCUT2D eigenvalue weighted by molar-refractivity contribution is 0.563. The second-order valence-electron chi connectivity index (χ2n) is 5.17. The Bertz CT molecular complexity index is 706. The van der Waals surface area contributed by atoms with Gasteiger partial charge in [0.05, 0.1) is 0 Å². The van der Waals surface area contributed by atoms with Crippen LogP contribution in [0, 0.1) is 6.92 Å². The SMILES string of the molecule is CCC(C)n1c2ccccc2c2cc(C)ccc21. The van der Waals surface area contributed by atoms with Crippen LogP contribution in [0.2, 0.25) is 0 Å². The first-order valence-electron chi connectivity index (χ1n) is 6.71. The van der Waals surface area contributed by atoms with Crippen LogP contribution < -0.4 is 0 Å². The van der Waals surface area contributed by atoms with Crippen molar-refractivity contribution in [1.29, 1.82) is 0 Å². The average molecular weight is 237 g/mol. The number of para-hydroxylation sites is 1. The third-order valence-electron chi connectivity index (χ3n) is 3.90. The molecule has 1 heteroatoms. The van der Waals surface area contributed by atoms with Gasteiger partial charge < -0.3 is 4.57 Å². The van der Waals surface area contributed by atoms with Crippen molar-refractivity contribution in [3.63, 3.8) is 0 Å². The lowest BCUT2D eigenvalue weighted by Crippen LogP contribution is -2.02. The Morgan fingerprint density at radius 1 is 1.00 bits per heavy atom. The minimum absolute atomic E-state index is 0.537. The smallest absolute Gasteiger partial charge is 0.0494 e. The molecule has 0 bridgehead atoms. The number of hydrogen-bond acceptors (Lipinski definition) is 0. The summed E-state index contributed by atoms with van der Waals surface area (Å²) in [6, 6.07) is 16.0. The van der Waals surface area contributed by atoms with Crippen LogP contribution in [0.25, 0.3) is 21.8 Å². The molecule has 0 N–H and O–H groups in total. The molecule has 1 heterocycles. The van der Waals surface area contributed by atoms with E-state index in [0.29, 0.717) is 6.04 Å². The average Bonchev–Trinajstić information content (AvgIpc) is 2.72. The van der Waals surface area contributed by atoms with Crippen molar-refractivity contribution in [2.24, 2.45) is 0 Å². The Balaban J connectivity index is 2.49. The molecule has 3 rings (SSSR count). The Labute approximate surface area is 108 Å². The molecular weight excluding hydrogens is 218 g/mol. The van der Waals surface area contributed by atoms with E-state index in [1.54, 1.807) is 0 Å². The quantitative estimate of drug-likeness (QED) is 0.586. The second-order valence-corrected chi connectivity index (χ2v) is 5.17. The van der Waals surface area contributed by atoms with Crippen molar-refractivity contribution in [2.45, 2.75) is 33.2 Å². The van der Waals surface area contributed by atoms with E-state index in [4.69, 9.17) is 0 Å². The summed E-state index contributed by atoms with van der Waals surface area (Å²) in [6.45, 7) is 6.71. The van der Waals surface area contributed by atoms with Crippen LogP contribution in [0.1, 0.15) is 31.9 Å². The van der Waals surface area contributed by atoms with E-state index in [1.165, 1.54) is 27.4 Å². The number of rotatable bonds is 2. The van der Waals surface area contributed by atoms with Crippen molar-refractivity contribution < 1.29 is 0 Å². The zero-order valence-electron chi connectivity index (χ0n) is 11.3. The fourth-order valence-corrected chi connectivity index (χ4v) is 2.77. The molecule has 1 atom stereocenters. The fraction of sp³-hybridized carbons (Fsp3) is 0.294. The number of benzene rings is 2. The number of fused-ring (bicyclic) bond motifs is 3. The van der Waals surface area contributed by atoms with Gasteiger partial charge in [-0.2, -0.15) is 0 Å². The first kappa shape index (κ1) is 11.3. The molecule has 18 heavy (non-hydrogen) atoms. The molecule has 92 valence electrons. The van der Waals surface area contributed by atoms with Gasteiger partial charge in [-0.3, -0.25) is 0 Å². The van der Waals surface area contributed by atoms with Gasteiger partial charge in [0, 0.05) is 27.8 Å². The van der Waals surface area contributed by atoms with Crippen LogP contribution in [0.4, 0.5) is 0 Å². The van der Waals surface area contributed by atoms with Crippen LogP contribution >= 0.6 is 0 Å². The monoisotopic (exact) mass is 237 g/mol. The molecule has 0 spiro atoms. The summed E-state index contributed by atoms with van der Waals surface area (Å²) in [7, 11) is 0. The third-order valence-corrected chi connectivity index (χ3v) is 3.90. The predicted molar refractivity (Wildman–Crippen MR) is 79.2 cm³/mol. The van der Waals surface area contributed by atoms with Crippen molar-refractivity contribution in [3.05, 3.63) is 48.0 Å². The Kier molecular flexibility index (Phi) is 2.62. The summed E-state index contributed by atoms with van der Waals surface area (Å²) in [4.78, 5) is 0. The summed E-state index contributed by atoms with van der Waals surface area (Å²) in [6.07, 6.45) is 1.15. The number of nitrogens with zero attached hydrogens (tertiary/aromatic N) is 1. The highest BCUT2D eigenvalue weighted by molar-refractivity contribution is 6.08. The van der Waals surface area contributed by atoms with Gasteiger partial charge in [0.25, 0.3) is 0 Å². The lowest BCUT2D eigenvalue weighted by atomic mass is 10.1. The normalized spacial score (nSPS) is 13.3. The van der Waals surface area contributed by atoms with Gasteiger partial charge in [0.1, 0.15) is 0 Å². The lowest BCUT2D eigenvalue weighted by Gasteiger charge is -2.14. The maximum atomic E-state index is 2.48. The standard InChI is InChI=1S/C17H19N/c1-4-13(3)18-16-8-6-5-7-14(16)15-11-12(2)9-10-17(15)18/h5-11,13H,4H2,1-3H3. The van der Waals surface area contributed by atoms with Gasteiger partial charge in [-0.15, -0.1) is 0 Å². The molecule has 0 amide bonds. The van der Waals surface area contributed by atoms with E-state index < -0.39 is 0 Å². The summed E-state index contributed by atoms with van der Waals surface area (Å²) in [5.74, 6) is 0. The fourth-order valence-electron chi connectivity index (χ4n) is 2.77. The molecule has 0 radical (unpaired) electrons. The molecule has 1 unspecified atom stereocenters. The molecular formula is C17H19N. The van der Waals surface area contributed by atoms with Crippen molar-refractivity contribution in [1.82, 2.24) is 4.57 Å². The van der Waals surface area contributed by atoms with Crippen LogP contribution in [0.3, 0.4) is 0 Å². The molecule has 0 saturated carbocycles. The second kappa shape index (κ2) is 4.16. The topological polar surface area (TPSA) is 4.93 Å². The number of aromatic nitrogens is 1. The van der Waals surface area contributed by atoms with Crippen molar-refractivity contribution in [3.8, 4) is 0 Å². The van der Waals surface area contributed by atoms with E-state index in [1.807, 2.05) is 0 Å². The molecule has 2 aromatic carbocycles. The molecule has 0 aliphatic heterocycles. The first-order chi connectivity index (χ1) is 8.72. The van der Waals surface area contributed by atoms with E-state index in [-0.39, 0.29) is 0 Å². The van der Waals surface area contributed by atoms with E-state index in [0.717, 1.165) is 6.42 Å². The zero-order valence-corrected chi connectivity index (χ0v) is 11.3. The minimum atomic E-state index is 0.537. The Morgan fingerprint density at radius 3 is 2.50 bits per heavy atom. The van der Waals surface area contributed by atoms with Crippen LogP contribution in [0.15, 0.2) is 42.5 Å². The highest BCUT2D eigenvalue weighted by Crippen LogP contribution is 2.32.